The van der Waals surface area contributed by atoms with Crippen LogP contribution in [0.15, 0.2) is 59.3 Å². The number of carbonyl (C=O) groups excluding carboxylic acids is 2. The van der Waals surface area contributed by atoms with Crippen molar-refractivity contribution in [2.45, 2.75) is 0 Å². The number of fused-ring (bicyclic) bond motifs is 1. The van der Waals surface area contributed by atoms with Crippen LogP contribution in [0, 0.1) is 0 Å². The highest BCUT2D eigenvalue weighted by Gasteiger charge is 2.31. The number of hydrogen-bond acceptors (Lipinski definition) is 4. The molecule has 2 aromatic rings. The first-order chi connectivity index (χ1) is 10.1. The van der Waals surface area contributed by atoms with E-state index < -0.39 is 0 Å². The van der Waals surface area contributed by atoms with E-state index in [0.717, 1.165) is 0 Å². The summed E-state index contributed by atoms with van der Waals surface area (Å²) in [6.45, 7) is 0. The molecule has 0 radical (unpaired) electrons. The van der Waals surface area contributed by atoms with Crippen LogP contribution < -0.4 is 11.1 Å². The Morgan fingerprint density at radius 2 is 1.57 bits per heavy atom. The second-order valence-corrected chi connectivity index (χ2v) is 5.02. The summed E-state index contributed by atoms with van der Waals surface area (Å²) in [5.74, 6) is -0.670. The predicted octanol–water partition coefficient (Wildman–Crippen LogP) is 3.21. The van der Waals surface area contributed by atoms with Gasteiger partial charge in [-0.25, -0.2) is 0 Å². The number of benzene rings is 2. The molecule has 3 N–H and O–H groups in total. The molecule has 4 nitrogen and oxygen atoms in total. The van der Waals surface area contributed by atoms with Crippen molar-refractivity contribution in [3.05, 3.63) is 70.4 Å². The van der Waals surface area contributed by atoms with Gasteiger partial charge in [-0.05, 0) is 18.2 Å². The number of halogens is 1. The highest BCUT2D eigenvalue weighted by Crippen LogP contribution is 2.29. The molecule has 104 valence electrons. The number of nitrogens with one attached hydrogen (secondary N) is 1. The summed E-state index contributed by atoms with van der Waals surface area (Å²) >= 11 is 6.06. The lowest BCUT2D eigenvalue weighted by Gasteiger charge is -2.19. The second-order valence-electron chi connectivity index (χ2n) is 4.64. The zero-order chi connectivity index (χ0) is 15.0. The van der Waals surface area contributed by atoms with Crippen molar-refractivity contribution in [2.75, 3.05) is 11.1 Å². The fraction of sp³-hybridized carbons (Fsp3) is 0. The van der Waals surface area contributed by atoms with Crippen LogP contribution >= 0.6 is 11.6 Å². The summed E-state index contributed by atoms with van der Waals surface area (Å²) < 4.78 is 0. The summed E-state index contributed by atoms with van der Waals surface area (Å²) in [4.78, 5) is 24.7. The van der Waals surface area contributed by atoms with E-state index in [-0.39, 0.29) is 22.3 Å². The molecule has 3 rings (SSSR count). The fourth-order valence-corrected chi connectivity index (χ4v) is 2.45. The summed E-state index contributed by atoms with van der Waals surface area (Å²) in [5, 5.41) is 2.78. The Balaban J connectivity index is 2.05. The normalized spacial score (nSPS) is 14.1. The SMILES string of the molecule is Nc1cccc(NC2=C(Cl)C(=O)c3ccccc3C2=O)c1. The molecule has 5 heteroatoms. The summed E-state index contributed by atoms with van der Waals surface area (Å²) in [6.07, 6.45) is 0. The molecule has 0 unspecified atom stereocenters. The Bertz CT molecular complexity index is 796. The van der Waals surface area contributed by atoms with Gasteiger partial charge in [0.15, 0.2) is 0 Å². The molecule has 0 bridgehead atoms. The minimum absolute atomic E-state index is 0.0750. The van der Waals surface area contributed by atoms with Gasteiger partial charge in [0.1, 0.15) is 10.7 Å². The third-order valence-electron chi connectivity index (χ3n) is 3.22. The number of hydrogen-bond donors (Lipinski definition) is 2. The van der Waals surface area contributed by atoms with Crippen LogP contribution in [0.25, 0.3) is 0 Å². The van der Waals surface area contributed by atoms with Crippen LogP contribution in [0.1, 0.15) is 20.7 Å². The van der Waals surface area contributed by atoms with Gasteiger partial charge in [-0.1, -0.05) is 41.9 Å². The van der Waals surface area contributed by atoms with Crippen molar-refractivity contribution in [1.29, 1.82) is 0 Å². The van der Waals surface area contributed by atoms with Gasteiger partial charge in [0.05, 0.1) is 0 Å². The maximum Gasteiger partial charge on any atom is 0.211 e. The minimum atomic E-state index is -0.363. The zero-order valence-corrected chi connectivity index (χ0v) is 11.6. The minimum Gasteiger partial charge on any atom is -0.399 e. The monoisotopic (exact) mass is 298 g/mol. The van der Waals surface area contributed by atoms with Crippen LogP contribution in [0.4, 0.5) is 11.4 Å². The lowest BCUT2D eigenvalue weighted by molar-refractivity contribution is 0.0982. The number of ketones is 2. The van der Waals surface area contributed by atoms with E-state index in [1.165, 1.54) is 0 Å². The quantitative estimate of drug-likeness (QED) is 0.835. The van der Waals surface area contributed by atoms with Crippen molar-refractivity contribution in [1.82, 2.24) is 0 Å². The predicted molar refractivity (Wildman–Crippen MR) is 82.5 cm³/mol. The Morgan fingerprint density at radius 3 is 2.24 bits per heavy atom. The van der Waals surface area contributed by atoms with Crippen LogP contribution in [0.3, 0.4) is 0 Å². The maximum absolute atomic E-state index is 12.5. The van der Waals surface area contributed by atoms with Crippen LogP contribution in [-0.4, -0.2) is 11.6 Å². The van der Waals surface area contributed by atoms with Crippen molar-refractivity contribution in [3.8, 4) is 0 Å². The van der Waals surface area contributed by atoms with Gasteiger partial charge in [0.25, 0.3) is 0 Å². The molecule has 1 aliphatic carbocycles. The second kappa shape index (κ2) is 5.07. The van der Waals surface area contributed by atoms with Gasteiger partial charge in [0, 0.05) is 22.5 Å². The Morgan fingerprint density at radius 1 is 0.905 bits per heavy atom. The van der Waals surface area contributed by atoms with E-state index in [1.54, 1.807) is 48.5 Å². The van der Waals surface area contributed by atoms with E-state index in [2.05, 4.69) is 5.32 Å². The van der Waals surface area contributed by atoms with Gasteiger partial charge in [-0.15, -0.1) is 0 Å². The third kappa shape index (κ3) is 2.30. The topological polar surface area (TPSA) is 72.2 Å². The van der Waals surface area contributed by atoms with Gasteiger partial charge in [-0.2, -0.15) is 0 Å². The zero-order valence-electron chi connectivity index (χ0n) is 10.9. The number of nitrogen functional groups attached to an aromatic ring is 1. The van der Waals surface area contributed by atoms with Crippen molar-refractivity contribution >= 4 is 34.5 Å². The van der Waals surface area contributed by atoms with E-state index in [4.69, 9.17) is 17.3 Å². The first kappa shape index (κ1) is 13.4. The van der Waals surface area contributed by atoms with Crippen LogP contribution in [0.2, 0.25) is 0 Å². The molecule has 0 fully saturated rings. The van der Waals surface area contributed by atoms with E-state index in [0.29, 0.717) is 22.5 Å². The summed E-state index contributed by atoms with van der Waals surface area (Å²) in [5.41, 5.74) is 7.59. The number of nitrogens with two attached hydrogens (primary N) is 1. The van der Waals surface area contributed by atoms with Gasteiger partial charge in [0.2, 0.25) is 11.6 Å². The average Bonchev–Trinajstić information content (AvgIpc) is 2.49. The van der Waals surface area contributed by atoms with Gasteiger partial charge in [-0.3, -0.25) is 9.59 Å². The lowest BCUT2D eigenvalue weighted by atomic mass is 9.92. The van der Waals surface area contributed by atoms with Crippen LogP contribution in [0.5, 0.6) is 0 Å². The largest absolute Gasteiger partial charge is 0.399 e. The average molecular weight is 299 g/mol. The molecule has 2 aromatic carbocycles. The molecule has 0 spiro atoms. The van der Waals surface area contributed by atoms with E-state index in [1.807, 2.05) is 0 Å². The maximum atomic E-state index is 12.5. The molecule has 0 atom stereocenters. The highest BCUT2D eigenvalue weighted by molar-refractivity contribution is 6.50. The first-order valence-corrected chi connectivity index (χ1v) is 6.66. The number of rotatable bonds is 2. The summed E-state index contributed by atoms with van der Waals surface area (Å²) in [6, 6.07) is 13.5. The van der Waals surface area contributed by atoms with Gasteiger partial charge < -0.3 is 11.1 Å². The fourth-order valence-electron chi connectivity index (χ4n) is 2.22. The molecule has 21 heavy (non-hydrogen) atoms. The van der Waals surface area contributed by atoms with E-state index in [9.17, 15) is 9.59 Å². The molecule has 0 aliphatic heterocycles. The van der Waals surface area contributed by atoms with Crippen molar-refractivity contribution in [2.24, 2.45) is 0 Å². The molecule has 0 saturated heterocycles. The number of anilines is 2. The molecular formula is C16H11ClN2O2. The molecule has 0 amide bonds. The lowest BCUT2D eigenvalue weighted by Crippen LogP contribution is -2.24. The van der Waals surface area contributed by atoms with E-state index >= 15 is 0 Å². The molecule has 1 aliphatic rings. The molecular weight excluding hydrogens is 288 g/mol. The van der Waals surface area contributed by atoms with Crippen LogP contribution in [-0.2, 0) is 0 Å². The van der Waals surface area contributed by atoms with Gasteiger partial charge >= 0.3 is 0 Å². The first-order valence-electron chi connectivity index (χ1n) is 6.28. The highest BCUT2D eigenvalue weighted by atomic mass is 35.5. The Kier molecular flexibility index (Phi) is 3.23. The Hall–Kier alpha value is -2.59. The summed E-state index contributed by atoms with van der Waals surface area (Å²) in [7, 11) is 0. The van der Waals surface area contributed by atoms with Crippen molar-refractivity contribution < 1.29 is 9.59 Å². The smallest absolute Gasteiger partial charge is 0.211 e. The number of Topliss-reactive ketones (excluding diaryl/α,β-unsaturated/α-hetero) is 2. The number of allylic oxidation sites excluding steroid dienone is 2. The van der Waals surface area contributed by atoms with Crippen molar-refractivity contribution in [3.63, 3.8) is 0 Å². The Labute approximate surface area is 126 Å². The molecule has 0 saturated carbocycles. The number of carbonyl (C=O) groups is 2. The standard InChI is InChI=1S/C16H11ClN2O2/c17-13-14(19-10-5-3-4-9(18)8-10)16(21)12-7-2-1-6-11(12)15(13)20/h1-8,19H,18H2. The third-order valence-corrected chi connectivity index (χ3v) is 3.58. The molecule has 0 aromatic heterocycles. The molecule has 0 heterocycles.